The second-order valence-electron chi connectivity index (χ2n) is 7.90. The van der Waals surface area contributed by atoms with Gasteiger partial charge in [-0.25, -0.2) is 14.8 Å². The van der Waals surface area contributed by atoms with Crippen molar-refractivity contribution in [2.24, 2.45) is 0 Å². The first kappa shape index (κ1) is 24.5. The van der Waals surface area contributed by atoms with E-state index in [1.54, 1.807) is 5.38 Å². The molecule has 1 unspecified atom stereocenters. The fraction of sp³-hybridized carbons (Fsp3) is 0.240. The molecule has 0 fully saturated rings. The molecule has 0 saturated carbocycles. The predicted molar refractivity (Wildman–Crippen MR) is 136 cm³/mol. The van der Waals surface area contributed by atoms with Crippen LogP contribution in [0.2, 0.25) is 0 Å². The highest BCUT2D eigenvalue weighted by Crippen LogP contribution is 2.23. The zero-order valence-electron chi connectivity index (χ0n) is 18.8. The quantitative estimate of drug-likeness (QED) is 0.216. The first-order valence-electron chi connectivity index (χ1n) is 11.1. The summed E-state index contributed by atoms with van der Waals surface area (Å²) in [6, 6.07) is 16.1. The van der Waals surface area contributed by atoms with Gasteiger partial charge in [0.1, 0.15) is 0 Å². The largest absolute Gasteiger partial charge is 0.465 e. The maximum Gasteiger partial charge on any atom is 0.407 e. The van der Waals surface area contributed by atoms with Crippen LogP contribution in [0.25, 0.3) is 10.2 Å². The molecule has 180 valence electrons. The van der Waals surface area contributed by atoms with Gasteiger partial charge in [-0.05, 0) is 37.0 Å². The van der Waals surface area contributed by atoms with Crippen LogP contribution < -0.4 is 5.32 Å². The standard InChI is InChI=1S/C25H24N4O4S2/c30-21(23-28-18-10-4-5-12-20(18)35-23)19(27-22(31)24-26-13-15-34-24)11-6-7-14-29(25(32)33)16-17-8-2-1-3-9-17/h1-5,8-10,12-13,15,19H,6-7,11,14,16H2,(H,27,31)(H,32,33). The van der Waals surface area contributed by atoms with E-state index in [-0.39, 0.29) is 10.8 Å². The van der Waals surface area contributed by atoms with E-state index < -0.39 is 18.0 Å². The molecule has 0 bridgehead atoms. The molecule has 8 nitrogen and oxygen atoms in total. The van der Waals surface area contributed by atoms with Crippen molar-refractivity contribution in [1.82, 2.24) is 20.2 Å². The number of para-hydroxylation sites is 1. The lowest BCUT2D eigenvalue weighted by atomic mass is 10.0. The average Bonchev–Trinajstić information content (AvgIpc) is 3.55. The zero-order valence-corrected chi connectivity index (χ0v) is 20.4. The van der Waals surface area contributed by atoms with Crippen molar-refractivity contribution in [3.05, 3.63) is 81.8 Å². The number of thiazole rings is 2. The number of hydrogen-bond donors (Lipinski definition) is 2. The Balaban J connectivity index is 1.41. The Hall–Kier alpha value is -3.63. The number of carbonyl (C=O) groups is 3. The minimum Gasteiger partial charge on any atom is -0.465 e. The summed E-state index contributed by atoms with van der Waals surface area (Å²) in [6.45, 7) is 0.623. The maximum absolute atomic E-state index is 13.3. The number of nitrogens with one attached hydrogen (secondary N) is 1. The number of fused-ring (bicyclic) bond motifs is 1. The molecule has 2 amide bonds. The minimum absolute atomic E-state index is 0.254. The van der Waals surface area contributed by atoms with Gasteiger partial charge in [-0.3, -0.25) is 9.59 Å². The van der Waals surface area contributed by atoms with Crippen LogP contribution in [0, 0.1) is 0 Å². The van der Waals surface area contributed by atoms with Crippen molar-refractivity contribution >= 4 is 50.7 Å². The van der Waals surface area contributed by atoms with Gasteiger partial charge in [0.05, 0.1) is 16.3 Å². The summed E-state index contributed by atoms with van der Waals surface area (Å²) in [5, 5.41) is 14.7. The third kappa shape index (κ3) is 6.49. The molecule has 0 saturated heterocycles. The van der Waals surface area contributed by atoms with Gasteiger partial charge in [-0.15, -0.1) is 22.7 Å². The Kier molecular flexibility index (Phi) is 8.17. The molecule has 35 heavy (non-hydrogen) atoms. The number of benzene rings is 2. The molecule has 4 aromatic rings. The SMILES string of the molecule is O=C(NC(CCCCN(Cc1ccccc1)C(=O)O)C(=O)c1nc2ccccc2s1)c1nccs1. The van der Waals surface area contributed by atoms with Gasteiger partial charge < -0.3 is 15.3 Å². The molecule has 2 aromatic carbocycles. The molecule has 0 radical (unpaired) electrons. The number of aromatic nitrogens is 2. The van der Waals surface area contributed by atoms with Crippen LogP contribution in [0.4, 0.5) is 4.79 Å². The van der Waals surface area contributed by atoms with E-state index in [0.717, 1.165) is 15.8 Å². The number of unbranched alkanes of at least 4 members (excludes halogenated alkanes) is 1. The summed E-state index contributed by atoms with van der Waals surface area (Å²) in [7, 11) is 0. The monoisotopic (exact) mass is 508 g/mol. The zero-order chi connectivity index (χ0) is 24.6. The first-order valence-corrected chi connectivity index (χ1v) is 12.8. The molecule has 2 N–H and O–H groups in total. The van der Waals surface area contributed by atoms with Gasteiger partial charge in [0.2, 0.25) is 5.78 Å². The van der Waals surface area contributed by atoms with Crippen LogP contribution in [-0.2, 0) is 6.54 Å². The Bertz CT molecular complexity index is 1260. The van der Waals surface area contributed by atoms with Crippen LogP contribution in [0.15, 0.2) is 66.2 Å². The summed E-state index contributed by atoms with van der Waals surface area (Å²) in [6.07, 6.45) is 2.02. The number of carboxylic acid groups (broad SMARTS) is 1. The van der Waals surface area contributed by atoms with Gasteiger partial charge in [-0.1, -0.05) is 42.5 Å². The van der Waals surface area contributed by atoms with Crippen LogP contribution >= 0.6 is 22.7 Å². The normalized spacial score (nSPS) is 11.8. The second kappa shape index (κ2) is 11.7. The molecule has 0 aliphatic heterocycles. The van der Waals surface area contributed by atoms with E-state index in [0.29, 0.717) is 37.4 Å². The highest BCUT2D eigenvalue weighted by molar-refractivity contribution is 7.20. The molecular formula is C25H24N4O4S2. The molecule has 1 atom stereocenters. The number of rotatable bonds is 11. The average molecular weight is 509 g/mol. The summed E-state index contributed by atoms with van der Waals surface area (Å²) >= 11 is 2.50. The van der Waals surface area contributed by atoms with Gasteiger partial charge in [0, 0.05) is 24.7 Å². The number of hydrogen-bond acceptors (Lipinski definition) is 7. The van der Waals surface area contributed by atoms with Crippen LogP contribution in [-0.4, -0.2) is 50.3 Å². The van der Waals surface area contributed by atoms with Gasteiger partial charge in [0.25, 0.3) is 5.91 Å². The van der Waals surface area contributed by atoms with Gasteiger partial charge >= 0.3 is 6.09 Å². The first-order chi connectivity index (χ1) is 17.0. The highest BCUT2D eigenvalue weighted by Gasteiger charge is 2.26. The Morgan fingerprint density at radius 1 is 1.00 bits per heavy atom. The topological polar surface area (TPSA) is 112 Å². The van der Waals surface area contributed by atoms with E-state index in [1.807, 2.05) is 54.6 Å². The van der Waals surface area contributed by atoms with E-state index >= 15 is 0 Å². The van der Waals surface area contributed by atoms with Crippen LogP contribution in [0.1, 0.15) is 44.4 Å². The number of carbonyl (C=O) groups excluding carboxylic acids is 2. The van der Waals surface area contributed by atoms with Crippen molar-refractivity contribution in [3.8, 4) is 0 Å². The smallest absolute Gasteiger partial charge is 0.407 e. The lowest BCUT2D eigenvalue weighted by molar-refractivity contribution is 0.0850. The van der Waals surface area contributed by atoms with Crippen molar-refractivity contribution < 1.29 is 19.5 Å². The van der Waals surface area contributed by atoms with Crippen molar-refractivity contribution in [1.29, 1.82) is 0 Å². The van der Waals surface area contributed by atoms with E-state index in [1.165, 1.54) is 33.8 Å². The summed E-state index contributed by atoms with van der Waals surface area (Å²) in [4.78, 5) is 47.5. The van der Waals surface area contributed by atoms with E-state index in [4.69, 9.17) is 0 Å². The van der Waals surface area contributed by atoms with Crippen molar-refractivity contribution in [2.45, 2.75) is 31.8 Å². The Morgan fingerprint density at radius 2 is 1.77 bits per heavy atom. The third-order valence-corrected chi connectivity index (χ3v) is 7.23. The molecular weight excluding hydrogens is 484 g/mol. The summed E-state index contributed by atoms with van der Waals surface area (Å²) < 4.78 is 0.902. The van der Waals surface area contributed by atoms with E-state index in [9.17, 15) is 19.5 Å². The molecule has 10 heteroatoms. The number of amides is 2. The molecule has 2 heterocycles. The lowest BCUT2D eigenvalue weighted by Gasteiger charge is -2.20. The fourth-order valence-electron chi connectivity index (χ4n) is 3.65. The number of nitrogens with zero attached hydrogens (tertiary/aromatic N) is 3. The summed E-state index contributed by atoms with van der Waals surface area (Å²) in [5.74, 6) is -0.661. The Labute approximate surface area is 210 Å². The highest BCUT2D eigenvalue weighted by atomic mass is 32.1. The molecule has 0 spiro atoms. The van der Waals surface area contributed by atoms with Crippen molar-refractivity contribution in [2.75, 3.05) is 6.54 Å². The predicted octanol–water partition coefficient (Wildman–Crippen LogP) is 5.08. The van der Waals surface area contributed by atoms with E-state index in [2.05, 4.69) is 15.3 Å². The lowest BCUT2D eigenvalue weighted by Crippen LogP contribution is -2.41. The Morgan fingerprint density at radius 3 is 2.49 bits per heavy atom. The van der Waals surface area contributed by atoms with Gasteiger partial charge in [-0.2, -0.15) is 0 Å². The molecule has 0 aliphatic rings. The van der Waals surface area contributed by atoms with Crippen LogP contribution in [0.3, 0.4) is 0 Å². The molecule has 2 aromatic heterocycles. The second-order valence-corrected chi connectivity index (χ2v) is 9.83. The van der Waals surface area contributed by atoms with Crippen molar-refractivity contribution in [3.63, 3.8) is 0 Å². The fourth-order valence-corrected chi connectivity index (χ4v) is 5.15. The molecule has 0 aliphatic carbocycles. The third-order valence-electron chi connectivity index (χ3n) is 5.41. The number of ketones is 1. The minimum atomic E-state index is -0.993. The van der Waals surface area contributed by atoms with Crippen LogP contribution in [0.5, 0.6) is 0 Å². The molecule has 4 rings (SSSR count). The van der Waals surface area contributed by atoms with Gasteiger partial charge in [0.15, 0.2) is 10.0 Å². The maximum atomic E-state index is 13.3. The summed E-state index contributed by atoms with van der Waals surface area (Å²) in [5.41, 5.74) is 1.65. The number of Topliss-reactive ketones (excluding diaryl/α,β-unsaturated/α-hetero) is 1.